The van der Waals surface area contributed by atoms with Gasteiger partial charge in [0.2, 0.25) is 5.91 Å². The van der Waals surface area contributed by atoms with Crippen molar-refractivity contribution in [2.75, 3.05) is 11.1 Å². The first kappa shape index (κ1) is 20.7. The van der Waals surface area contributed by atoms with Gasteiger partial charge in [-0.05, 0) is 47.5 Å². The molecule has 0 fully saturated rings. The average molecular weight is 503 g/mol. The van der Waals surface area contributed by atoms with Crippen molar-refractivity contribution in [2.24, 2.45) is 0 Å². The zero-order valence-electron chi connectivity index (χ0n) is 17.2. The molecular weight excluding hydrogens is 484 g/mol. The van der Waals surface area contributed by atoms with E-state index in [1.165, 1.54) is 17.1 Å². The second kappa shape index (κ2) is 8.76. The van der Waals surface area contributed by atoms with Crippen LogP contribution in [0.15, 0.2) is 88.6 Å². The molecule has 0 saturated carbocycles. The van der Waals surface area contributed by atoms with Crippen LogP contribution in [0.1, 0.15) is 5.56 Å². The quantitative estimate of drug-likeness (QED) is 0.284. The predicted octanol–water partition coefficient (Wildman–Crippen LogP) is 6.35. The third-order valence-corrected chi connectivity index (χ3v) is 7.09. The second-order valence-electron chi connectivity index (χ2n) is 7.42. The number of carbonyl (C=O) groups is 1. The van der Waals surface area contributed by atoms with E-state index < -0.39 is 0 Å². The molecule has 0 aliphatic heterocycles. The van der Waals surface area contributed by atoms with E-state index in [1.54, 1.807) is 6.20 Å². The molecule has 0 radical (unpaired) electrons. The highest BCUT2D eigenvalue weighted by atomic mass is 79.9. The molecule has 0 unspecified atom stereocenters. The number of nitrogens with one attached hydrogen (secondary N) is 1. The van der Waals surface area contributed by atoms with Gasteiger partial charge < -0.3 is 5.32 Å². The van der Waals surface area contributed by atoms with Crippen molar-refractivity contribution >= 4 is 55.6 Å². The van der Waals surface area contributed by atoms with Crippen molar-refractivity contribution in [3.05, 3.63) is 89.2 Å². The molecule has 0 bridgehead atoms. The number of nitrogens with zero attached hydrogens (tertiary/aromatic N) is 3. The number of hydrogen-bond donors (Lipinski definition) is 1. The van der Waals surface area contributed by atoms with Gasteiger partial charge in [-0.3, -0.25) is 4.79 Å². The van der Waals surface area contributed by atoms with Crippen LogP contribution in [0.5, 0.6) is 0 Å². The molecule has 0 spiro atoms. The van der Waals surface area contributed by atoms with E-state index in [0.29, 0.717) is 0 Å². The standard InChI is InChI=1S/C25H19BrN4OS/c1-16-13-18(9-10-21(16)26)28-24(31)15-32-25-23-14-22(29-30(23)12-11-27-25)20-8-4-6-17-5-2-3-7-19(17)20/h2-14H,15H2,1H3,(H,28,31). The molecule has 32 heavy (non-hydrogen) atoms. The van der Waals surface area contributed by atoms with Crippen LogP contribution in [0.3, 0.4) is 0 Å². The third kappa shape index (κ3) is 4.13. The molecule has 2 heterocycles. The number of carbonyl (C=O) groups excluding carboxylic acids is 1. The largest absolute Gasteiger partial charge is 0.325 e. The predicted molar refractivity (Wildman–Crippen MR) is 134 cm³/mol. The fraction of sp³-hybridized carbons (Fsp3) is 0.0800. The van der Waals surface area contributed by atoms with E-state index in [0.717, 1.165) is 42.9 Å². The topological polar surface area (TPSA) is 59.3 Å². The Kier molecular flexibility index (Phi) is 5.68. The van der Waals surface area contributed by atoms with Gasteiger partial charge in [0.15, 0.2) is 0 Å². The summed E-state index contributed by atoms with van der Waals surface area (Å²) in [5.41, 5.74) is 4.69. The van der Waals surface area contributed by atoms with Crippen LogP contribution in [0.25, 0.3) is 27.5 Å². The lowest BCUT2D eigenvalue weighted by Gasteiger charge is -2.07. The molecule has 5 nitrogen and oxygen atoms in total. The van der Waals surface area contributed by atoms with Gasteiger partial charge in [0.05, 0.1) is 17.0 Å². The van der Waals surface area contributed by atoms with Gasteiger partial charge in [-0.25, -0.2) is 9.50 Å². The Morgan fingerprint density at radius 3 is 2.81 bits per heavy atom. The van der Waals surface area contributed by atoms with Crippen LogP contribution in [0, 0.1) is 6.92 Å². The molecule has 3 aromatic carbocycles. The second-order valence-corrected chi connectivity index (χ2v) is 9.24. The lowest BCUT2D eigenvalue weighted by atomic mass is 10.0. The number of aromatic nitrogens is 3. The number of hydrogen-bond acceptors (Lipinski definition) is 4. The number of rotatable bonds is 5. The maximum Gasteiger partial charge on any atom is 0.234 e. The number of aryl methyl sites for hydroxylation is 1. The highest BCUT2D eigenvalue weighted by Gasteiger charge is 2.13. The van der Waals surface area contributed by atoms with Gasteiger partial charge in [-0.1, -0.05) is 70.2 Å². The lowest BCUT2D eigenvalue weighted by molar-refractivity contribution is -0.113. The molecule has 0 atom stereocenters. The van der Waals surface area contributed by atoms with Crippen LogP contribution in [0.4, 0.5) is 5.69 Å². The Morgan fingerprint density at radius 1 is 1.09 bits per heavy atom. The van der Waals surface area contributed by atoms with Gasteiger partial charge in [-0.2, -0.15) is 5.10 Å². The maximum absolute atomic E-state index is 12.5. The van der Waals surface area contributed by atoms with Gasteiger partial charge in [0.25, 0.3) is 0 Å². The van der Waals surface area contributed by atoms with E-state index in [9.17, 15) is 4.79 Å². The number of amides is 1. The molecule has 1 amide bonds. The summed E-state index contributed by atoms with van der Waals surface area (Å²) in [5, 5.41) is 10.8. The van der Waals surface area contributed by atoms with E-state index in [-0.39, 0.29) is 11.7 Å². The summed E-state index contributed by atoms with van der Waals surface area (Å²) >= 11 is 4.88. The van der Waals surface area contributed by atoms with E-state index >= 15 is 0 Å². The fourth-order valence-electron chi connectivity index (χ4n) is 3.64. The van der Waals surface area contributed by atoms with Gasteiger partial charge in [-0.15, -0.1) is 0 Å². The molecule has 2 aromatic heterocycles. The minimum atomic E-state index is -0.0747. The normalized spacial score (nSPS) is 11.2. The van der Waals surface area contributed by atoms with Crippen LogP contribution in [-0.2, 0) is 4.79 Å². The molecule has 158 valence electrons. The van der Waals surface area contributed by atoms with Crippen molar-refractivity contribution in [3.8, 4) is 11.3 Å². The number of thioether (sulfide) groups is 1. The summed E-state index contributed by atoms with van der Waals surface area (Å²) in [6.45, 7) is 1.99. The van der Waals surface area contributed by atoms with Crippen molar-refractivity contribution in [1.82, 2.24) is 14.6 Å². The summed E-state index contributed by atoms with van der Waals surface area (Å²) in [7, 11) is 0. The average Bonchev–Trinajstić information content (AvgIpc) is 3.24. The minimum Gasteiger partial charge on any atom is -0.325 e. The number of fused-ring (bicyclic) bond motifs is 2. The Bertz CT molecular complexity index is 1460. The van der Waals surface area contributed by atoms with Crippen molar-refractivity contribution in [1.29, 1.82) is 0 Å². The van der Waals surface area contributed by atoms with Crippen molar-refractivity contribution in [2.45, 2.75) is 11.9 Å². The maximum atomic E-state index is 12.5. The first-order valence-corrected chi connectivity index (χ1v) is 11.9. The third-order valence-electron chi connectivity index (χ3n) is 5.20. The number of anilines is 1. The Labute approximate surface area is 198 Å². The van der Waals surface area contributed by atoms with Crippen LogP contribution >= 0.6 is 27.7 Å². The lowest BCUT2D eigenvalue weighted by Crippen LogP contribution is -2.14. The number of benzene rings is 3. The Hall–Kier alpha value is -3.16. The SMILES string of the molecule is Cc1cc(NC(=O)CSc2nccn3nc(-c4cccc5ccccc45)cc23)ccc1Br. The zero-order chi connectivity index (χ0) is 22.1. The highest BCUT2D eigenvalue weighted by Crippen LogP contribution is 2.30. The first-order valence-electron chi connectivity index (χ1n) is 10.1. The van der Waals surface area contributed by atoms with Crippen molar-refractivity contribution < 1.29 is 4.79 Å². The fourth-order valence-corrected chi connectivity index (χ4v) is 4.67. The van der Waals surface area contributed by atoms with Gasteiger partial charge >= 0.3 is 0 Å². The smallest absolute Gasteiger partial charge is 0.234 e. The molecule has 0 aliphatic rings. The summed E-state index contributed by atoms with van der Waals surface area (Å²) in [6.07, 6.45) is 3.55. The molecule has 5 aromatic rings. The van der Waals surface area contributed by atoms with Crippen LogP contribution < -0.4 is 5.32 Å². The minimum absolute atomic E-state index is 0.0747. The highest BCUT2D eigenvalue weighted by molar-refractivity contribution is 9.10. The summed E-state index contributed by atoms with van der Waals surface area (Å²) in [4.78, 5) is 17.0. The molecular formula is C25H19BrN4OS. The monoisotopic (exact) mass is 502 g/mol. The van der Waals surface area contributed by atoms with Crippen molar-refractivity contribution in [3.63, 3.8) is 0 Å². The molecule has 7 heteroatoms. The van der Waals surface area contributed by atoms with E-state index in [1.807, 2.05) is 60.1 Å². The summed E-state index contributed by atoms with van der Waals surface area (Å²) in [6, 6.07) is 22.3. The van der Waals surface area contributed by atoms with E-state index in [2.05, 4.69) is 50.5 Å². The van der Waals surface area contributed by atoms with Crippen LogP contribution in [-0.4, -0.2) is 26.3 Å². The molecule has 1 N–H and O–H groups in total. The molecule has 5 rings (SSSR count). The Morgan fingerprint density at radius 2 is 1.94 bits per heavy atom. The molecule has 0 aliphatic carbocycles. The summed E-state index contributed by atoms with van der Waals surface area (Å²) < 4.78 is 2.84. The van der Waals surface area contributed by atoms with Gasteiger partial charge in [0, 0.05) is 28.1 Å². The van der Waals surface area contributed by atoms with Gasteiger partial charge in [0.1, 0.15) is 5.03 Å². The Balaban J connectivity index is 1.39. The zero-order valence-corrected chi connectivity index (χ0v) is 19.7. The first-order chi connectivity index (χ1) is 15.6. The summed E-state index contributed by atoms with van der Waals surface area (Å²) in [5.74, 6) is 0.186. The van der Waals surface area contributed by atoms with E-state index in [4.69, 9.17) is 5.10 Å². The number of halogens is 1. The molecule has 0 saturated heterocycles. The van der Waals surface area contributed by atoms with Crippen LogP contribution in [0.2, 0.25) is 0 Å².